The minimum atomic E-state index is 0.558. The third kappa shape index (κ3) is 3.49. The third-order valence-electron chi connectivity index (χ3n) is 4.08. The maximum absolute atomic E-state index is 5.72. The SMILES string of the molecule is NCCC1CCCCN1Cc1noc(-c2ccccc2)n1. The van der Waals surface area contributed by atoms with Crippen LogP contribution >= 0.6 is 0 Å². The molecule has 5 nitrogen and oxygen atoms in total. The fourth-order valence-corrected chi connectivity index (χ4v) is 2.99. The fourth-order valence-electron chi connectivity index (χ4n) is 2.99. The molecule has 0 amide bonds. The largest absolute Gasteiger partial charge is 0.334 e. The van der Waals surface area contributed by atoms with Gasteiger partial charge in [0.2, 0.25) is 0 Å². The monoisotopic (exact) mass is 286 g/mol. The Morgan fingerprint density at radius 2 is 2.10 bits per heavy atom. The van der Waals surface area contributed by atoms with Crippen LogP contribution in [0.2, 0.25) is 0 Å². The Morgan fingerprint density at radius 1 is 1.24 bits per heavy atom. The molecule has 1 atom stereocenters. The molecule has 2 heterocycles. The Hall–Kier alpha value is -1.72. The molecule has 1 aromatic heterocycles. The van der Waals surface area contributed by atoms with Gasteiger partial charge in [-0.3, -0.25) is 4.90 Å². The van der Waals surface area contributed by atoms with Crippen LogP contribution in [-0.4, -0.2) is 34.2 Å². The summed E-state index contributed by atoms with van der Waals surface area (Å²) in [5, 5.41) is 4.12. The van der Waals surface area contributed by atoms with Crippen molar-refractivity contribution in [3.63, 3.8) is 0 Å². The maximum Gasteiger partial charge on any atom is 0.257 e. The second-order valence-electron chi connectivity index (χ2n) is 5.58. The summed E-state index contributed by atoms with van der Waals surface area (Å²) < 4.78 is 5.37. The number of benzene rings is 1. The molecule has 1 fully saturated rings. The van der Waals surface area contributed by atoms with Crippen LogP contribution in [0.1, 0.15) is 31.5 Å². The molecule has 1 aliphatic rings. The van der Waals surface area contributed by atoms with Crippen molar-refractivity contribution < 1.29 is 4.52 Å². The zero-order valence-corrected chi connectivity index (χ0v) is 12.2. The topological polar surface area (TPSA) is 68.2 Å². The lowest BCUT2D eigenvalue weighted by Gasteiger charge is -2.34. The first kappa shape index (κ1) is 14.2. The fraction of sp³-hybridized carbons (Fsp3) is 0.500. The quantitative estimate of drug-likeness (QED) is 0.914. The zero-order chi connectivity index (χ0) is 14.5. The normalized spacial score (nSPS) is 19.8. The molecule has 5 heteroatoms. The highest BCUT2D eigenvalue weighted by Gasteiger charge is 2.23. The Kier molecular flexibility index (Phi) is 4.62. The standard InChI is InChI=1S/C16H22N4O/c17-10-9-14-8-4-5-11-20(14)12-15-18-16(21-19-15)13-6-2-1-3-7-13/h1-3,6-7,14H,4-5,8-12,17H2. The number of likely N-dealkylation sites (tertiary alicyclic amines) is 1. The van der Waals surface area contributed by atoms with Crippen LogP contribution in [0.3, 0.4) is 0 Å². The van der Waals surface area contributed by atoms with Gasteiger partial charge in [-0.05, 0) is 44.5 Å². The lowest BCUT2D eigenvalue weighted by atomic mass is 9.99. The molecule has 1 aliphatic heterocycles. The number of hydrogen-bond donors (Lipinski definition) is 1. The van der Waals surface area contributed by atoms with Crippen molar-refractivity contribution in [2.24, 2.45) is 5.73 Å². The van der Waals surface area contributed by atoms with Gasteiger partial charge in [0.25, 0.3) is 5.89 Å². The first-order valence-corrected chi connectivity index (χ1v) is 7.69. The van der Waals surface area contributed by atoms with E-state index in [2.05, 4.69) is 15.0 Å². The van der Waals surface area contributed by atoms with Gasteiger partial charge in [0.15, 0.2) is 5.82 Å². The van der Waals surface area contributed by atoms with Gasteiger partial charge in [-0.2, -0.15) is 4.98 Å². The number of nitrogens with two attached hydrogens (primary N) is 1. The first-order chi connectivity index (χ1) is 10.4. The molecule has 0 bridgehead atoms. The summed E-state index contributed by atoms with van der Waals surface area (Å²) in [6, 6.07) is 10.4. The Balaban J connectivity index is 1.69. The Morgan fingerprint density at radius 3 is 2.90 bits per heavy atom. The average Bonchev–Trinajstić information content (AvgIpc) is 2.99. The van der Waals surface area contributed by atoms with E-state index < -0.39 is 0 Å². The molecule has 0 spiro atoms. The van der Waals surface area contributed by atoms with Crippen LogP contribution in [-0.2, 0) is 6.54 Å². The van der Waals surface area contributed by atoms with Crippen LogP contribution in [0.15, 0.2) is 34.9 Å². The van der Waals surface area contributed by atoms with E-state index in [0.717, 1.165) is 37.4 Å². The zero-order valence-electron chi connectivity index (χ0n) is 12.2. The van der Waals surface area contributed by atoms with E-state index in [1.807, 2.05) is 30.3 Å². The molecule has 3 rings (SSSR count). The minimum Gasteiger partial charge on any atom is -0.334 e. The summed E-state index contributed by atoms with van der Waals surface area (Å²) in [7, 11) is 0. The van der Waals surface area contributed by atoms with Crippen molar-refractivity contribution in [1.29, 1.82) is 0 Å². The predicted octanol–water partition coefficient (Wildman–Crippen LogP) is 2.44. The van der Waals surface area contributed by atoms with E-state index in [0.29, 0.717) is 11.9 Å². The summed E-state index contributed by atoms with van der Waals surface area (Å²) in [6.07, 6.45) is 4.80. The van der Waals surface area contributed by atoms with Gasteiger partial charge in [0.05, 0.1) is 6.54 Å². The van der Waals surface area contributed by atoms with E-state index >= 15 is 0 Å². The molecule has 112 valence electrons. The highest BCUT2D eigenvalue weighted by Crippen LogP contribution is 2.22. The van der Waals surface area contributed by atoms with Crippen LogP contribution in [0.5, 0.6) is 0 Å². The van der Waals surface area contributed by atoms with E-state index in [1.54, 1.807) is 0 Å². The molecular formula is C16H22N4O. The van der Waals surface area contributed by atoms with E-state index in [-0.39, 0.29) is 0 Å². The number of piperidine rings is 1. The van der Waals surface area contributed by atoms with Crippen LogP contribution < -0.4 is 5.73 Å². The van der Waals surface area contributed by atoms with Gasteiger partial charge in [-0.15, -0.1) is 0 Å². The van der Waals surface area contributed by atoms with E-state index in [1.165, 1.54) is 19.3 Å². The molecule has 1 saturated heterocycles. The molecule has 2 aromatic rings. The van der Waals surface area contributed by atoms with Crippen molar-refractivity contribution in [2.75, 3.05) is 13.1 Å². The average molecular weight is 286 g/mol. The van der Waals surface area contributed by atoms with Crippen LogP contribution in [0.4, 0.5) is 0 Å². The Labute approximate surface area is 125 Å². The second kappa shape index (κ2) is 6.83. The van der Waals surface area contributed by atoms with Gasteiger partial charge in [0.1, 0.15) is 0 Å². The summed E-state index contributed by atoms with van der Waals surface area (Å²) in [5.74, 6) is 1.36. The summed E-state index contributed by atoms with van der Waals surface area (Å²) >= 11 is 0. The smallest absolute Gasteiger partial charge is 0.257 e. The van der Waals surface area contributed by atoms with Gasteiger partial charge >= 0.3 is 0 Å². The lowest BCUT2D eigenvalue weighted by Crippen LogP contribution is -2.40. The van der Waals surface area contributed by atoms with Gasteiger partial charge < -0.3 is 10.3 Å². The number of rotatable bonds is 5. The van der Waals surface area contributed by atoms with Crippen LogP contribution in [0.25, 0.3) is 11.5 Å². The van der Waals surface area contributed by atoms with Crippen molar-refractivity contribution >= 4 is 0 Å². The van der Waals surface area contributed by atoms with Gasteiger partial charge in [-0.25, -0.2) is 0 Å². The molecule has 1 aromatic carbocycles. The molecule has 0 radical (unpaired) electrons. The molecule has 2 N–H and O–H groups in total. The molecule has 0 saturated carbocycles. The van der Waals surface area contributed by atoms with Crippen LogP contribution in [0, 0.1) is 0 Å². The van der Waals surface area contributed by atoms with Crippen molar-refractivity contribution in [2.45, 2.75) is 38.3 Å². The highest BCUT2D eigenvalue weighted by molar-refractivity contribution is 5.51. The maximum atomic E-state index is 5.72. The number of hydrogen-bond acceptors (Lipinski definition) is 5. The van der Waals surface area contributed by atoms with Crippen molar-refractivity contribution in [1.82, 2.24) is 15.0 Å². The second-order valence-corrected chi connectivity index (χ2v) is 5.58. The van der Waals surface area contributed by atoms with Gasteiger partial charge in [-0.1, -0.05) is 29.8 Å². The van der Waals surface area contributed by atoms with Crippen molar-refractivity contribution in [3.8, 4) is 11.5 Å². The summed E-state index contributed by atoms with van der Waals surface area (Å²) in [6.45, 7) is 2.59. The van der Waals surface area contributed by atoms with Gasteiger partial charge in [0, 0.05) is 11.6 Å². The summed E-state index contributed by atoms with van der Waals surface area (Å²) in [4.78, 5) is 6.96. The number of nitrogens with zero attached hydrogens (tertiary/aromatic N) is 3. The molecule has 0 aliphatic carbocycles. The van der Waals surface area contributed by atoms with Crippen molar-refractivity contribution in [3.05, 3.63) is 36.2 Å². The lowest BCUT2D eigenvalue weighted by molar-refractivity contribution is 0.129. The minimum absolute atomic E-state index is 0.558. The Bertz CT molecular complexity index is 552. The predicted molar refractivity (Wildman–Crippen MR) is 81.5 cm³/mol. The first-order valence-electron chi connectivity index (χ1n) is 7.69. The summed E-state index contributed by atoms with van der Waals surface area (Å²) in [5.41, 5.74) is 6.68. The molecule has 1 unspecified atom stereocenters. The molecule has 21 heavy (non-hydrogen) atoms. The van der Waals surface area contributed by atoms with E-state index in [4.69, 9.17) is 10.3 Å². The third-order valence-corrected chi connectivity index (χ3v) is 4.08. The van der Waals surface area contributed by atoms with E-state index in [9.17, 15) is 0 Å². The number of aromatic nitrogens is 2. The highest BCUT2D eigenvalue weighted by atomic mass is 16.5. The molecular weight excluding hydrogens is 264 g/mol.